The van der Waals surface area contributed by atoms with Crippen molar-refractivity contribution in [3.05, 3.63) is 25.3 Å². The first-order valence-corrected chi connectivity index (χ1v) is 7.26. The Morgan fingerprint density at radius 2 is 1.71 bits per heavy atom. The topological polar surface area (TPSA) is 52.6 Å². The number of fused-ring (bicyclic) bond motifs is 2. The molecule has 0 saturated heterocycles. The fourth-order valence-electron chi connectivity index (χ4n) is 3.58. The molecule has 2 rings (SSSR count). The lowest BCUT2D eigenvalue weighted by atomic mass is 9.70. The zero-order valence-electron chi connectivity index (χ0n) is 13.5. The SMILES string of the molecule is C=CC(=O)OC.C=CC(=O)O[C@H]1C[C@@H]2CC[C@@]1(C)C2(C)C. The predicted molar refractivity (Wildman–Crippen MR) is 81.5 cm³/mol. The van der Waals surface area contributed by atoms with Gasteiger partial charge in [-0.2, -0.15) is 0 Å². The van der Waals surface area contributed by atoms with Gasteiger partial charge in [0.25, 0.3) is 0 Å². The highest BCUT2D eigenvalue weighted by atomic mass is 16.5. The Labute approximate surface area is 127 Å². The van der Waals surface area contributed by atoms with Crippen molar-refractivity contribution in [2.45, 2.75) is 46.1 Å². The van der Waals surface area contributed by atoms with Gasteiger partial charge in [0, 0.05) is 17.6 Å². The van der Waals surface area contributed by atoms with Gasteiger partial charge in [-0.05, 0) is 30.6 Å². The zero-order valence-corrected chi connectivity index (χ0v) is 13.5. The second-order valence-electron chi connectivity index (χ2n) is 6.47. The van der Waals surface area contributed by atoms with Crippen LogP contribution in [0.1, 0.15) is 40.0 Å². The van der Waals surface area contributed by atoms with E-state index in [1.54, 1.807) is 0 Å². The molecule has 0 unspecified atom stereocenters. The van der Waals surface area contributed by atoms with Gasteiger partial charge in [0.15, 0.2) is 0 Å². The molecule has 118 valence electrons. The van der Waals surface area contributed by atoms with Gasteiger partial charge in [-0.1, -0.05) is 33.9 Å². The first-order chi connectivity index (χ1) is 9.72. The average Bonchev–Trinajstić information content (AvgIpc) is 2.80. The number of rotatable bonds is 3. The number of esters is 2. The van der Waals surface area contributed by atoms with Gasteiger partial charge in [0.1, 0.15) is 6.10 Å². The summed E-state index contributed by atoms with van der Waals surface area (Å²) in [5, 5.41) is 0. The molecule has 0 aromatic rings. The summed E-state index contributed by atoms with van der Waals surface area (Å²) in [6.45, 7) is 13.5. The van der Waals surface area contributed by atoms with Crippen LogP contribution in [-0.2, 0) is 19.1 Å². The molecule has 0 aromatic carbocycles. The minimum atomic E-state index is -0.394. The number of ether oxygens (including phenoxy) is 2. The van der Waals surface area contributed by atoms with Crippen LogP contribution in [-0.4, -0.2) is 25.2 Å². The Kier molecular flexibility index (Phi) is 5.37. The molecule has 0 aromatic heterocycles. The van der Waals surface area contributed by atoms with E-state index in [4.69, 9.17) is 4.74 Å². The van der Waals surface area contributed by atoms with Crippen LogP contribution in [0.3, 0.4) is 0 Å². The van der Waals surface area contributed by atoms with E-state index in [9.17, 15) is 9.59 Å². The molecule has 2 aliphatic carbocycles. The highest BCUT2D eigenvalue weighted by molar-refractivity contribution is 5.81. The molecule has 4 nitrogen and oxygen atoms in total. The van der Waals surface area contributed by atoms with Crippen LogP contribution in [0.25, 0.3) is 0 Å². The normalized spacial score (nSPS) is 31.6. The van der Waals surface area contributed by atoms with E-state index in [0.29, 0.717) is 11.3 Å². The molecule has 0 spiro atoms. The second kappa shape index (κ2) is 6.46. The molecule has 2 aliphatic rings. The first-order valence-electron chi connectivity index (χ1n) is 7.26. The van der Waals surface area contributed by atoms with Crippen LogP contribution in [0.4, 0.5) is 0 Å². The molecular weight excluding hydrogens is 268 g/mol. The van der Waals surface area contributed by atoms with Crippen LogP contribution in [0.15, 0.2) is 25.3 Å². The fraction of sp³-hybridized carbons (Fsp3) is 0.647. The number of carbonyl (C=O) groups is 2. The van der Waals surface area contributed by atoms with Gasteiger partial charge in [-0.25, -0.2) is 9.59 Å². The fourth-order valence-corrected chi connectivity index (χ4v) is 3.58. The molecule has 0 amide bonds. The van der Waals surface area contributed by atoms with Gasteiger partial charge in [0.05, 0.1) is 7.11 Å². The highest BCUT2D eigenvalue weighted by Crippen LogP contribution is 2.66. The summed E-state index contributed by atoms with van der Waals surface area (Å²) >= 11 is 0. The monoisotopic (exact) mass is 294 g/mol. The Hall–Kier alpha value is -1.58. The van der Waals surface area contributed by atoms with Gasteiger partial charge in [-0.3, -0.25) is 0 Å². The quantitative estimate of drug-likeness (QED) is 0.592. The van der Waals surface area contributed by atoms with E-state index in [2.05, 4.69) is 38.7 Å². The summed E-state index contributed by atoms with van der Waals surface area (Å²) in [5.41, 5.74) is 0.468. The van der Waals surface area contributed by atoms with Crippen molar-refractivity contribution in [3.8, 4) is 0 Å². The van der Waals surface area contributed by atoms with Crippen LogP contribution in [0, 0.1) is 16.7 Å². The molecule has 0 heterocycles. The van der Waals surface area contributed by atoms with Crippen molar-refractivity contribution in [3.63, 3.8) is 0 Å². The number of carbonyl (C=O) groups excluding carboxylic acids is 2. The lowest BCUT2D eigenvalue weighted by Gasteiger charge is -2.38. The van der Waals surface area contributed by atoms with Gasteiger partial charge < -0.3 is 9.47 Å². The smallest absolute Gasteiger partial charge is 0.330 e. The maximum atomic E-state index is 11.3. The molecule has 2 saturated carbocycles. The van der Waals surface area contributed by atoms with E-state index in [-0.39, 0.29) is 17.5 Å². The predicted octanol–water partition coefficient (Wildman–Crippen LogP) is 3.28. The maximum absolute atomic E-state index is 11.3. The van der Waals surface area contributed by atoms with Gasteiger partial charge in [-0.15, -0.1) is 0 Å². The van der Waals surface area contributed by atoms with Crippen LogP contribution >= 0.6 is 0 Å². The van der Waals surface area contributed by atoms with Crippen molar-refractivity contribution in [1.82, 2.24) is 0 Å². The lowest BCUT2D eigenvalue weighted by molar-refractivity contribution is -0.150. The van der Waals surface area contributed by atoms with Crippen LogP contribution in [0.5, 0.6) is 0 Å². The summed E-state index contributed by atoms with van der Waals surface area (Å²) in [6, 6.07) is 0. The molecule has 4 heteroatoms. The van der Waals surface area contributed by atoms with Gasteiger partial charge >= 0.3 is 11.9 Å². The van der Waals surface area contributed by atoms with Crippen molar-refractivity contribution >= 4 is 11.9 Å². The standard InChI is InChI=1S/C13H20O2.C4H6O2/c1-5-11(14)15-10-8-9-6-7-13(10,4)12(9,2)3;1-3-4(5)6-2/h5,9-10H,1,6-8H2,2-4H3;3H,1H2,2H3/t9-,10-,13+;/m0./s1. The van der Waals surface area contributed by atoms with E-state index < -0.39 is 5.97 Å². The molecule has 2 bridgehead atoms. The van der Waals surface area contributed by atoms with Crippen LogP contribution < -0.4 is 0 Å². The molecule has 0 radical (unpaired) electrons. The molecule has 3 atom stereocenters. The molecular formula is C17H26O4. The summed E-state index contributed by atoms with van der Waals surface area (Å²) in [7, 11) is 1.31. The van der Waals surface area contributed by atoms with E-state index in [1.807, 2.05) is 0 Å². The second-order valence-corrected chi connectivity index (χ2v) is 6.47. The van der Waals surface area contributed by atoms with E-state index in [1.165, 1.54) is 26.0 Å². The number of hydrogen-bond acceptors (Lipinski definition) is 4. The minimum absolute atomic E-state index is 0.0942. The van der Waals surface area contributed by atoms with E-state index in [0.717, 1.165) is 12.5 Å². The first kappa shape index (κ1) is 17.5. The van der Waals surface area contributed by atoms with Gasteiger partial charge in [0.2, 0.25) is 0 Å². The maximum Gasteiger partial charge on any atom is 0.330 e. The van der Waals surface area contributed by atoms with Crippen molar-refractivity contribution in [2.75, 3.05) is 7.11 Å². The summed E-state index contributed by atoms with van der Waals surface area (Å²) in [4.78, 5) is 21.1. The third-order valence-electron chi connectivity index (χ3n) is 5.51. The number of hydrogen-bond donors (Lipinski definition) is 0. The van der Waals surface area contributed by atoms with Crippen molar-refractivity contribution in [2.24, 2.45) is 16.7 Å². The van der Waals surface area contributed by atoms with Crippen molar-refractivity contribution < 1.29 is 19.1 Å². The Bertz CT molecular complexity index is 438. The average molecular weight is 294 g/mol. The molecule has 2 fully saturated rings. The Balaban J connectivity index is 0.000000315. The lowest BCUT2D eigenvalue weighted by Crippen LogP contribution is -2.38. The summed E-state index contributed by atoms with van der Waals surface area (Å²) < 4.78 is 9.62. The molecule has 0 N–H and O–H groups in total. The minimum Gasteiger partial charge on any atom is -0.466 e. The zero-order chi connectivity index (χ0) is 16.3. The Morgan fingerprint density at radius 1 is 1.14 bits per heavy atom. The Morgan fingerprint density at radius 3 is 2.00 bits per heavy atom. The largest absolute Gasteiger partial charge is 0.466 e. The third-order valence-corrected chi connectivity index (χ3v) is 5.51. The molecule has 21 heavy (non-hydrogen) atoms. The summed E-state index contributed by atoms with van der Waals surface area (Å²) in [5.74, 6) is 0.0460. The highest BCUT2D eigenvalue weighted by Gasteiger charge is 2.62. The molecule has 0 aliphatic heterocycles. The van der Waals surface area contributed by atoms with Crippen LogP contribution in [0.2, 0.25) is 0 Å². The van der Waals surface area contributed by atoms with E-state index >= 15 is 0 Å². The number of methoxy groups -OCH3 is 1. The summed E-state index contributed by atoms with van der Waals surface area (Å²) in [6.07, 6.45) is 5.97. The van der Waals surface area contributed by atoms with Crippen molar-refractivity contribution in [1.29, 1.82) is 0 Å². The third kappa shape index (κ3) is 3.20.